The molecule has 1 N–H and O–H groups in total. The predicted molar refractivity (Wildman–Crippen MR) is 80.0 cm³/mol. The highest BCUT2D eigenvalue weighted by Crippen LogP contribution is 2.19. The van der Waals surface area contributed by atoms with Crippen molar-refractivity contribution in [2.45, 2.75) is 32.9 Å². The summed E-state index contributed by atoms with van der Waals surface area (Å²) in [4.78, 5) is 4.41. The monoisotopic (exact) mass is 312 g/mol. The third-order valence-electron chi connectivity index (χ3n) is 3.10. The fourth-order valence-electron chi connectivity index (χ4n) is 2.00. The van der Waals surface area contributed by atoms with E-state index < -0.39 is 6.61 Å². The lowest BCUT2D eigenvalue weighted by molar-refractivity contribution is -0.0498. The number of hydrogen-bond donors (Lipinski definition) is 1. The van der Waals surface area contributed by atoms with Crippen molar-refractivity contribution in [1.82, 2.24) is 10.3 Å². The Morgan fingerprint density at radius 2 is 2.00 bits per heavy atom. The molecule has 6 heteroatoms. The molecule has 1 unspecified atom stereocenters. The van der Waals surface area contributed by atoms with Crippen LogP contribution in [0.25, 0.3) is 0 Å². The number of aryl methyl sites for hydroxylation is 1. The second-order valence-electron chi connectivity index (χ2n) is 4.73. The van der Waals surface area contributed by atoms with Crippen LogP contribution in [0.3, 0.4) is 0 Å². The predicted octanol–water partition coefficient (Wildman–Crippen LogP) is 3.95. The van der Waals surface area contributed by atoms with Crippen molar-refractivity contribution in [1.29, 1.82) is 0 Å². The second kappa shape index (κ2) is 7.47. The van der Waals surface area contributed by atoms with E-state index in [4.69, 9.17) is 0 Å². The van der Waals surface area contributed by atoms with E-state index in [9.17, 15) is 8.78 Å². The number of nitrogens with one attached hydrogen (secondary N) is 1. The van der Waals surface area contributed by atoms with Gasteiger partial charge in [0, 0.05) is 24.4 Å². The Balaban J connectivity index is 1.81. The van der Waals surface area contributed by atoms with E-state index in [1.165, 1.54) is 0 Å². The average Bonchev–Trinajstić information content (AvgIpc) is 2.84. The fourth-order valence-corrected chi connectivity index (χ4v) is 2.64. The van der Waals surface area contributed by atoms with Crippen molar-refractivity contribution in [2.24, 2.45) is 0 Å². The molecule has 0 saturated heterocycles. The Morgan fingerprint density at radius 3 is 2.57 bits per heavy atom. The maximum atomic E-state index is 12.1. The minimum atomic E-state index is -2.78. The van der Waals surface area contributed by atoms with Crippen molar-refractivity contribution >= 4 is 11.3 Å². The number of aromatic nitrogens is 1. The molecule has 2 rings (SSSR count). The Kier molecular flexibility index (Phi) is 5.64. The van der Waals surface area contributed by atoms with Crippen molar-refractivity contribution in [3.05, 3.63) is 45.9 Å². The van der Waals surface area contributed by atoms with Gasteiger partial charge in [-0.2, -0.15) is 8.78 Å². The molecule has 0 fully saturated rings. The molecule has 0 aliphatic carbocycles. The lowest BCUT2D eigenvalue weighted by Gasteiger charge is -2.14. The maximum Gasteiger partial charge on any atom is 0.387 e. The van der Waals surface area contributed by atoms with Crippen LogP contribution in [-0.2, 0) is 6.42 Å². The van der Waals surface area contributed by atoms with E-state index in [0.717, 1.165) is 29.2 Å². The minimum absolute atomic E-state index is 0.144. The molecule has 0 amide bonds. The third-order valence-corrected chi connectivity index (χ3v) is 3.93. The second-order valence-corrected chi connectivity index (χ2v) is 5.79. The summed E-state index contributed by atoms with van der Waals surface area (Å²) in [5.41, 5.74) is 2.13. The molecular weight excluding hydrogens is 294 g/mol. The molecule has 0 radical (unpaired) electrons. The molecule has 2 aromatic rings. The van der Waals surface area contributed by atoms with Gasteiger partial charge in [-0.25, -0.2) is 4.98 Å². The van der Waals surface area contributed by atoms with Gasteiger partial charge in [0.1, 0.15) is 5.75 Å². The first kappa shape index (κ1) is 15.9. The van der Waals surface area contributed by atoms with E-state index in [1.54, 1.807) is 35.6 Å². The summed E-state index contributed by atoms with van der Waals surface area (Å²) < 4.78 is 28.5. The Hall–Kier alpha value is -1.53. The number of hydrogen-bond acceptors (Lipinski definition) is 4. The van der Waals surface area contributed by atoms with E-state index in [-0.39, 0.29) is 11.8 Å². The fraction of sp³-hybridized carbons (Fsp3) is 0.400. The molecule has 0 aliphatic rings. The van der Waals surface area contributed by atoms with Gasteiger partial charge < -0.3 is 10.1 Å². The molecule has 1 aromatic carbocycles. The zero-order valence-electron chi connectivity index (χ0n) is 12.0. The van der Waals surface area contributed by atoms with E-state index in [2.05, 4.69) is 20.4 Å². The first-order chi connectivity index (χ1) is 10.0. The highest BCUT2D eigenvalue weighted by Gasteiger charge is 2.07. The van der Waals surface area contributed by atoms with Gasteiger partial charge >= 0.3 is 6.61 Å². The molecule has 0 aliphatic heterocycles. The SMILES string of the molecule is Cc1nc(CCNC(C)c2ccc(OC(F)F)cc2)cs1. The van der Waals surface area contributed by atoms with Crippen LogP contribution in [-0.4, -0.2) is 18.1 Å². The third kappa shape index (κ3) is 5.06. The highest BCUT2D eigenvalue weighted by atomic mass is 32.1. The molecule has 3 nitrogen and oxygen atoms in total. The Bertz CT molecular complexity index is 557. The smallest absolute Gasteiger partial charge is 0.387 e. The van der Waals surface area contributed by atoms with E-state index >= 15 is 0 Å². The largest absolute Gasteiger partial charge is 0.435 e. The topological polar surface area (TPSA) is 34.2 Å². The molecule has 0 spiro atoms. The van der Waals surface area contributed by atoms with Crippen LogP contribution in [0, 0.1) is 6.92 Å². The molecule has 0 bridgehead atoms. The normalized spacial score (nSPS) is 12.6. The minimum Gasteiger partial charge on any atom is -0.435 e. The van der Waals surface area contributed by atoms with Gasteiger partial charge in [-0.05, 0) is 31.5 Å². The maximum absolute atomic E-state index is 12.1. The van der Waals surface area contributed by atoms with Gasteiger partial charge in [0.25, 0.3) is 0 Å². The highest BCUT2D eigenvalue weighted by molar-refractivity contribution is 7.09. The van der Waals surface area contributed by atoms with Crippen LogP contribution in [0.2, 0.25) is 0 Å². The average molecular weight is 312 g/mol. The van der Waals surface area contributed by atoms with Crippen LogP contribution in [0.15, 0.2) is 29.6 Å². The zero-order valence-corrected chi connectivity index (χ0v) is 12.8. The van der Waals surface area contributed by atoms with Gasteiger partial charge in [0.05, 0.1) is 10.7 Å². The lowest BCUT2D eigenvalue weighted by atomic mass is 10.1. The van der Waals surface area contributed by atoms with Crippen molar-refractivity contribution in [2.75, 3.05) is 6.54 Å². The molecule has 1 atom stereocenters. The number of halogens is 2. The summed E-state index contributed by atoms with van der Waals surface area (Å²) in [6.07, 6.45) is 0.876. The Morgan fingerprint density at radius 1 is 1.29 bits per heavy atom. The van der Waals surface area contributed by atoms with Gasteiger partial charge in [-0.3, -0.25) is 0 Å². The first-order valence-corrected chi connectivity index (χ1v) is 7.61. The summed E-state index contributed by atoms with van der Waals surface area (Å²) in [6, 6.07) is 6.85. The van der Waals surface area contributed by atoms with Crippen molar-refractivity contribution in [3.63, 3.8) is 0 Å². The summed E-state index contributed by atoms with van der Waals surface area (Å²) in [6.45, 7) is 2.07. The van der Waals surface area contributed by atoms with Crippen molar-refractivity contribution in [3.8, 4) is 5.75 Å². The number of rotatable bonds is 7. The van der Waals surface area contributed by atoms with Crippen LogP contribution in [0.1, 0.15) is 29.2 Å². The van der Waals surface area contributed by atoms with E-state index in [0.29, 0.717) is 0 Å². The number of ether oxygens (including phenoxy) is 1. The zero-order chi connectivity index (χ0) is 15.2. The van der Waals surface area contributed by atoms with Gasteiger partial charge in [-0.1, -0.05) is 12.1 Å². The van der Waals surface area contributed by atoms with Crippen LogP contribution in [0.4, 0.5) is 8.78 Å². The summed E-state index contributed by atoms with van der Waals surface area (Å²) in [5.74, 6) is 0.180. The molecule has 1 aromatic heterocycles. The molecule has 114 valence electrons. The van der Waals surface area contributed by atoms with Crippen LogP contribution >= 0.6 is 11.3 Å². The van der Waals surface area contributed by atoms with Gasteiger partial charge in [0.15, 0.2) is 0 Å². The van der Waals surface area contributed by atoms with Gasteiger partial charge in [-0.15, -0.1) is 11.3 Å². The number of benzene rings is 1. The summed E-state index contributed by atoms with van der Waals surface area (Å²) in [5, 5.41) is 6.54. The standard InChI is InChI=1S/C15H18F2N2OS/c1-10(18-8-7-13-9-21-11(2)19-13)12-3-5-14(6-4-12)20-15(16)17/h3-6,9-10,15,18H,7-8H2,1-2H3. The molecule has 0 saturated carbocycles. The molecular formula is C15H18F2N2OS. The quantitative estimate of drug-likeness (QED) is 0.840. The molecule has 1 heterocycles. The number of nitrogens with zero attached hydrogens (tertiary/aromatic N) is 1. The number of thiazole rings is 1. The van der Waals surface area contributed by atoms with Crippen LogP contribution in [0.5, 0.6) is 5.75 Å². The molecule has 21 heavy (non-hydrogen) atoms. The summed E-state index contributed by atoms with van der Waals surface area (Å²) >= 11 is 1.65. The Labute approximate surface area is 127 Å². The van der Waals surface area contributed by atoms with E-state index in [1.807, 2.05) is 13.8 Å². The van der Waals surface area contributed by atoms with Crippen molar-refractivity contribution < 1.29 is 13.5 Å². The van der Waals surface area contributed by atoms with Crippen LogP contribution < -0.4 is 10.1 Å². The first-order valence-electron chi connectivity index (χ1n) is 6.74. The van der Waals surface area contributed by atoms with Gasteiger partial charge in [0.2, 0.25) is 0 Å². The number of alkyl halides is 2. The lowest BCUT2D eigenvalue weighted by Crippen LogP contribution is -2.21. The summed E-state index contributed by atoms with van der Waals surface area (Å²) in [7, 11) is 0.